The average molecular weight is 340 g/mol. The summed E-state index contributed by atoms with van der Waals surface area (Å²) in [5.41, 5.74) is 0.637. The van der Waals surface area contributed by atoms with Crippen molar-refractivity contribution in [3.05, 3.63) is 35.9 Å². The molecule has 1 atom stereocenters. The van der Waals surface area contributed by atoms with Gasteiger partial charge in [-0.05, 0) is 12.6 Å². The normalized spacial score (nSPS) is 17.9. The molecular weight excluding hydrogens is 316 g/mol. The van der Waals surface area contributed by atoms with Crippen LogP contribution in [0.3, 0.4) is 0 Å². The lowest BCUT2D eigenvalue weighted by Gasteiger charge is -2.34. The van der Waals surface area contributed by atoms with Crippen molar-refractivity contribution >= 4 is 16.1 Å². The number of amides is 1. The van der Waals surface area contributed by atoms with Gasteiger partial charge in [-0.15, -0.1) is 0 Å². The summed E-state index contributed by atoms with van der Waals surface area (Å²) in [5.74, 6) is -0.217. The first-order valence-corrected chi connectivity index (χ1v) is 9.20. The van der Waals surface area contributed by atoms with E-state index in [0.29, 0.717) is 18.7 Å². The third-order valence-electron chi connectivity index (χ3n) is 3.80. The van der Waals surface area contributed by atoms with E-state index in [1.165, 1.54) is 0 Å². The molecule has 7 nitrogen and oxygen atoms in total. The van der Waals surface area contributed by atoms with Crippen molar-refractivity contribution in [1.82, 2.24) is 19.2 Å². The van der Waals surface area contributed by atoms with E-state index in [-0.39, 0.29) is 12.5 Å². The average Bonchev–Trinajstić information content (AvgIpc) is 2.53. The van der Waals surface area contributed by atoms with Crippen molar-refractivity contribution in [1.29, 1.82) is 0 Å². The summed E-state index contributed by atoms with van der Waals surface area (Å²) >= 11 is 0. The Morgan fingerprint density at radius 2 is 1.78 bits per heavy atom. The van der Waals surface area contributed by atoms with Crippen LogP contribution >= 0.6 is 0 Å². The highest BCUT2D eigenvalue weighted by Gasteiger charge is 2.30. The molecule has 0 saturated carbocycles. The monoisotopic (exact) mass is 340 g/mol. The van der Waals surface area contributed by atoms with Crippen LogP contribution in [-0.2, 0) is 15.0 Å². The van der Waals surface area contributed by atoms with Crippen LogP contribution in [-0.4, -0.2) is 63.9 Å². The number of likely N-dealkylation sites (N-methyl/N-ethyl adjacent to an activating group) is 1. The minimum absolute atomic E-state index is 0.217. The molecule has 0 spiro atoms. The molecule has 1 amide bonds. The van der Waals surface area contributed by atoms with Gasteiger partial charge in [-0.1, -0.05) is 37.3 Å². The molecule has 1 heterocycles. The van der Waals surface area contributed by atoms with Crippen LogP contribution in [0.2, 0.25) is 0 Å². The van der Waals surface area contributed by atoms with E-state index < -0.39 is 16.3 Å². The molecule has 2 N–H and O–H groups in total. The lowest BCUT2D eigenvalue weighted by atomic mass is 10.1. The van der Waals surface area contributed by atoms with E-state index in [1.54, 1.807) is 36.1 Å². The Morgan fingerprint density at radius 1 is 1.17 bits per heavy atom. The van der Waals surface area contributed by atoms with Crippen molar-refractivity contribution in [2.75, 3.05) is 39.8 Å². The molecule has 0 aliphatic carbocycles. The van der Waals surface area contributed by atoms with E-state index >= 15 is 0 Å². The maximum Gasteiger partial charge on any atom is 0.277 e. The first-order chi connectivity index (χ1) is 10.9. The second kappa shape index (κ2) is 7.87. The zero-order valence-electron chi connectivity index (χ0n) is 13.5. The summed E-state index contributed by atoms with van der Waals surface area (Å²) in [5, 5.41) is 0. The van der Waals surface area contributed by atoms with Gasteiger partial charge in [0, 0.05) is 32.7 Å². The van der Waals surface area contributed by atoms with Gasteiger partial charge >= 0.3 is 0 Å². The maximum absolute atomic E-state index is 12.8. The number of hydrogen-bond donors (Lipinski definition) is 2. The van der Waals surface area contributed by atoms with Crippen LogP contribution in [0.25, 0.3) is 0 Å². The summed E-state index contributed by atoms with van der Waals surface area (Å²) in [4.78, 5) is 16.7. The molecule has 1 unspecified atom stereocenters. The Kier molecular flexibility index (Phi) is 6.11. The molecule has 1 fully saturated rings. The molecule has 2 rings (SSSR count). The first-order valence-electron chi connectivity index (χ1n) is 7.72. The summed E-state index contributed by atoms with van der Waals surface area (Å²) in [7, 11) is -1.73. The fraction of sp³-hybridized carbons (Fsp3) is 0.533. The molecule has 1 aliphatic heterocycles. The summed E-state index contributed by atoms with van der Waals surface area (Å²) in [6.07, 6.45) is 0. The van der Waals surface area contributed by atoms with Crippen molar-refractivity contribution in [3.63, 3.8) is 0 Å². The smallest absolute Gasteiger partial charge is 0.277 e. The van der Waals surface area contributed by atoms with Gasteiger partial charge in [-0.2, -0.15) is 13.1 Å². The van der Waals surface area contributed by atoms with Gasteiger partial charge in [0.05, 0.1) is 0 Å². The lowest BCUT2D eigenvalue weighted by molar-refractivity contribution is -0.134. The number of benzene rings is 1. The van der Waals surface area contributed by atoms with Gasteiger partial charge < -0.3 is 9.80 Å². The van der Waals surface area contributed by atoms with E-state index in [1.807, 2.05) is 13.1 Å². The van der Waals surface area contributed by atoms with Crippen molar-refractivity contribution in [2.45, 2.75) is 13.0 Å². The van der Waals surface area contributed by atoms with E-state index in [9.17, 15) is 13.2 Å². The number of nitrogens with zero attached hydrogens (tertiary/aromatic N) is 2. The van der Waals surface area contributed by atoms with Crippen molar-refractivity contribution in [2.24, 2.45) is 0 Å². The summed E-state index contributed by atoms with van der Waals surface area (Å²) in [6.45, 7) is 4.72. The lowest BCUT2D eigenvalue weighted by Crippen LogP contribution is -2.52. The summed E-state index contributed by atoms with van der Waals surface area (Å²) < 4.78 is 28.9. The molecule has 8 heteroatoms. The van der Waals surface area contributed by atoms with Gasteiger partial charge in [0.1, 0.15) is 6.04 Å². The van der Waals surface area contributed by atoms with Gasteiger partial charge in [0.15, 0.2) is 0 Å². The molecule has 1 aromatic carbocycles. The topological polar surface area (TPSA) is 81.8 Å². The number of nitrogens with one attached hydrogen (secondary N) is 2. The maximum atomic E-state index is 12.8. The third kappa shape index (κ3) is 5.00. The SMILES string of the molecule is CCNS(=O)(=O)NC(C(=O)N1CCN(C)CC1)c1ccccc1. The van der Waals surface area contributed by atoms with Gasteiger partial charge in [-0.3, -0.25) is 4.79 Å². The highest BCUT2D eigenvalue weighted by Crippen LogP contribution is 2.17. The van der Waals surface area contributed by atoms with E-state index in [0.717, 1.165) is 13.1 Å². The van der Waals surface area contributed by atoms with Crippen LogP contribution in [0, 0.1) is 0 Å². The number of piperazine rings is 1. The van der Waals surface area contributed by atoms with E-state index in [4.69, 9.17) is 0 Å². The zero-order chi connectivity index (χ0) is 16.9. The van der Waals surface area contributed by atoms with Gasteiger partial charge in [0.25, 0.3) is 10.2 Å². The predicted octanol–water partition coefficient (Wildman–Crippen LogP) is -0.0544. The molecule has 1 aliphatic rings. The zero-order valence-corrected chi connectivity index (χ0v) is 14.3. The minimum Gasteiger partial charge on any atom is -0.338 e. The van der Waals surface area contributed by atoms with Crippen molar-refractivity contribution in [3.8, 4) is 0 Å². The number of carbonyl (C=O) groups is 1. The van der Waals surface area contributed by atoms with Crippen LogP contribution in [0.15, 0.2) is 30.3 Å². The summed E-state index contributed by atoms with van der Waals surface area (Å²) in [6, 6.07) is 8.02. The molecular formula is C15H24N4O3S. The quantitative estimate of drug-likeness (QED) is 0.760. The molecule has 1 aromatic rings. The minimum atomic E-state index is -3.73. The van der Waals surface area contributed by atoms with Crippen LogP contribution < -0.4 is 9.44 Å². The number of carbonyl (C=O) groups excluding carboxylic acids is 1. The Balaban J connectivity index is 2.21. The highest BCUT2D eigenvalue weighted by atomic mass is 32.2. The third-order valence-corrected chi connectivity index (χ3v) is 5.02. The van der Waals surface area contributed by atoms with Gasteiger partial charge in [0.2, 0.25) is 5.91 Å². The highest BCUT2D eigenvalue weighted by molar-refractivity contribution is 7.87. The van der Waals surface area contributed by atoms with Gasteiger partial charge in [-0.25, -0.2) is 4.72 Å². The van der Waals surface area contributed by atoms with Crippen LogP contribution in [0.5, 0.6) is 0 Å². The Morgan fingerprint density at radius 3 is 2.35 bits per heavy atom. The second-order valence-electron chi connectivity index (χ2n) is 5.59. The van der Waals surface area contributed by atoms with E-state index in [2.05, 4.69) is 14.3 Å². The molecule has 0 bridgehead atoms. The second-order valence-corrected chi connectivity index (χ2v) is 7.12. The molecule has 128 valence electrons. The van der Waals surface area contributed by atoms with Crippen molar-refractivity contribution < 1.29 is 13.2 Å². The fourth-order valence-electron chi connectivity index (χ4n) is 2.50. The Bertz CT molecular complexity index is 613. The molecule has 0 aromatic heterocycles. The Labute approximate surface area is 137 Å². The molecule has 23 heavy (non-hydrogen) atoms. The number of hydrogen-bond acceptors (Lipinski definition) is 4. The molecule has 0 radical (unpaired) electrons. The number of rotatable bonds is 6. The van der Waals surface area contributed by atoms with Crippen LogP contribution in [0.4, 0.5) is 0 Å². The largest absolute Gasteiger partial charge is 0.338 e. The standard InChI is InChI=1S/C15H24N4O3S/c1-3-16-23(21,22)17-14(13-7-5-4-6-8-13)15(20)19-11-9-18(2)10-12-19/h4-8,14,16-17H,3,9-12H2,1-2H3. The predicted molar refractivity (Wildman–Crippen MR) is 89.0 cm³/mol. The Hall–Kier alpha value is -1.48. The molecule has 1 saturated heterocycles. The first kappa shape index (κ1) is 17.9. The van der Waals surface area contributed by atoms with Crippen LogP contribution in [0.1, 0.15) is 18.5 Å². The fourth-order valence-corrected chi connectivity index (χ4v) is 3.51.